The number of anilines is 1. The first kappa shape index (κ1) is 19.2. The number of nitrogens with zero attached hydrogens (tertiary/aromatic N) is 4. The van der Waals surface area contributed by atoms with Gasteiger partial charge in [-0.15, -0.1) is 10.2 Å². The number of carbonyl (C=O) groups excluding carboxylic acids is 2. The Balaban J connectivity index is 1.70. The third-order valence-electron chi connectivity index (χ3n) is 5.50. The van der Waals surface area contributed by atoms with Gasteiger partial charge in [-0.2, -0.15) is 0 Å². The van der Waals surface area contributed by atoms with E-state index >= 15 is 0 Å². The number of hydrogen-bond donors (Lipinski definition) is 0. The van der Waals surface area contributed by atoms with E-state index in [2.05, 4.69) is 10.2 Å². The average molecular weight is 429 g/mol. The number of benzene rings is 3. The highest BCUT2D eigenvalue weighted by Gasteiger charge is 2.32. The molecule has 0 aliphatic carbocycles. The Bertz CT molecular complexity index is 1330. The van der Waals surface area contributed by atoms with Crippen LogP contribution in [0.25, 0.3) is 22.5 Å². The van der Waals surface area contributed by atoms with Crippen LogP contribution in [0.3, 0.4) is 0 Å². The Morgan fingerprint density at radius 2 is 1.84 bits per heavy atom. The summed E-state index contributed by atoms with van der Waals surface area (Å²) in [5, 5.41) is 9.02. The summed E-state index contributed by atoms with van der Waals surface area (Å²) in [7, 11) is 1.87. The maximum Gasteiger partial charge on any atom is 0.258 e. The number of halogens is 1. The normalized spacial score (nSPS) is 12.8. The first-order valence-corrected chi connectivity index (χ1v) is 10.1. The third-order valence-corrected chi connectivity index (χ3v) is 5.75. The predicted molar refractivity (Wildman–Crippen MR) is 119 cm³/mol. The molecule has 5 rings (SSSR count). The zero-order valence-electron chi connectivity index (χ0n) is 16.6. The summed E-state index contributed by atoms with van der Waals surface area (Å²) in [5.41, 5.74) is 5.33. The molecule has 0 unspecified atom stereocenters. The van der Waals surface area contributed by atoms with Crippen LogP contribution < -0.4 is 4.90 Å². The lowest BCUT2D eigenvalue weighted by atomic mass is 9.97. The molecule has 0 saturated carbocycles. The van der Waals surface area contributed by atoms with Gasteiger partial charge in [-0.3, -0.25) is 9.59 Å². The second-order valence-electron chi connectivity index (χ2n) is 7.40. The highest BCUT2D eigenvalue weighted by molar-refractivity contribution is 6.30. The lowest BCUT2D eigenvalue weighted by molar-refractivity contribution is 0.0996. The fraction of sp³-hybridized carbons (Fsp3) is 0.0833. The molecule has 152 valence electrons. The summed E-state index contributed by atoms with van der Waals surface area (Å²) in [6.45, 7) is 0.419. The number of aldehydes is 1. The molecule has 4 aromatic rings. The van der Waals surface area contributed by atoms with Gasteiger partial charge in [0.1, 0.15) is 12.6 Å². The monoisotopic (exact) mass is 428 g/mol. The molecule has 1 aromatic heterocycles. The van der Waals surface area contributed by atoms with Crippen LogP contribution in [0, 0.1) is 0 Å². The molecule has 1 amide bonds. The number of rotatable bonds is 4. The Hall–Kier alpha value is -3.77. The molecule has 31 heavy (non-hydrogen) atoms. The van der Waals surface area contributed by atoms with Crippen molar-refractivity contribution < 1.29 is 9.59 Å². The summed E-state index contributed by atoms with van der Waals surface area (Å²) in [4.78, 5) is 26.2. The van der Waals surface area contributed by atoms with E-state index in [0.717, 1.165) is 34.2 Å². The molecule has 2 heterocycles. The van der Waals surface area contributed by atoms with Crippen LogP contribution in [-0.2, 0) is 13.6 Å². The van der Waals surface area contributed by atoms with E-state index in [1.165, 1.54) is 0 Å². The average Bonchev–Trinajstić information content (AvgIpc) is 3.36. The van der Waals surface area contributed by atoms with E-state index in [0.29, 0.717) is 28.5 Å². The number of amides is 1. The summed E-state index contributed by atoms with van der Waals surface area (Å²) in [6, 6.07) is 18.6. The molecule has 3 aromatic carbocycles. The van der Waals surface area contributed by atoms with Crippen molar-refractivity contribution in [3.05, 3.63) is 88.7 Å². The van der Waals surface area contributed by atoms with Crippen molar-refractivity contribution >= 4 is 29.5 Å². The molecule has 1 aliphatic rings. The van der Waals surface area contributed by atoms with Crippen LogP contribution in [0.1, 0.15) is 26.3 Å². The minimum Gasteiger partial charge on any atom is -0.317 e. The first-order valence-electron chi connectivity index (χ1n) is 9.70. The predicted octanol–water partition coefficient (Wildman–Crippen LogP) is 4.78. The van der Waals surface area contributed by atoms with Gasteiger partial charge in [0.15, 0.2) is 5.82 Å². The Morgan fingerprint density at radius 3 is 2.55 bits per heavy atom. The maximum atomic E-state index is 13.3. The summed E-state index contributed by atoms with van der Waals surface area (Å²) < 4.78 is 1.83. The van der Waals surface area contributed by atoms with E-state index in [1.807, 2.05) is 60.1 Å². The van der Waals surface area contributed by atoms with Crippen molar-refractivity contribution in [1.82, 2.24) is 14.8 Å². The number of carbonyl (C=O) groups is 2. The van der Waals surface area contributed by atoms with Crippen molar-refractivity contribution in [2.24, 2.45) is 7.05 Å². The molecule has 7 heteroatoms. The zero-order valence-corrected chi connectivity index (χ0v) is 17.4. The van der Waals surface area contributed by atoms with Crippen LogP contribution in [0.2, 0.25) is 5.02 Å². The fourth-order valence-corrected chi connectivity index (χ4v) is 4.09. The van der Waals surface area contributed by atoms with Gasteiger partial charge >= 0.3 is 0 Å². The Morgan fingerprint density at radius 1 is 1.03 bits per heavy atom. The van der Waals surface area contributed by atoms with E-state index in [4.69, 9.17) is 11.6 Å². The van der Waals surface area contributed by atoms with Crippen LogP contribution in [0.15, 0.2) is 67.0 Å². The molecule has 1 aliphatic heterocycles. The van der Waals surface area contributed by atoms with Gasteiger partial charge in [0.25, 0.3) is 5.91 Å². The van der Waals surface area contributed by atoms with E-state index in [1.54, 1.807) is 23.4 Å². The lowest BCUT2D eigenvalue weighted by Crippen LogP contribution is -2.24. The van der Waals surface area contributed by atoms with E-state index < -0.39 is 0 Å². The highest BCUT2D eigenvalue weighted by atomic mass is 35.5. The highest BCUT2D eigenvalue weighted by Crippen LogP contribution is 2.41. The minimum absolute atomic E-state index is 0.143. The van der Waals surface area contributed by atoms with Crippen molar-refractivity contribution in [3.63, 3.8) is 0 Å². The SMILES string of the molecule is Cn1cnnc1-c1c(-c2ccc(Cl)cc2)cccc1N1Cc2ccc(C=O)cc2C1=O. The topological polar surface area (TPSA) is 68.1 Å². The van der Waals surface area contributed by atoms with E-state index in [9.17, 15) is 9.59 Å². The molecule has 0 saturated heterocycles. The molecule has 0 spiro atoms. The number of aromatic nitrogens is 3. The van der Waals surface area contributed by atoms with Crippen molar-refractivity contribution in [1.29, 1.82) is 0 Å². The molecule has 0 atom stereocenters. The van der Waals surface area contributed by atoms with Crippen LogP contribution in [0.5, 0.6) is 0 Å². The van der Waals surface area contributed by atoms with Gasteiger partial charge in [0, 0.05) is 23.2 Å². The second kappa shape index (κ2) is 7.49. The number of fused-ring (bicyclic) bond motifs is 1. The molecule has 0 fully saturated rings. The lowest BCUT2D eigenvalue weighted by Gasteiger charge is -2.22. The van der Waals surface area contributed by atoms with Crippen molar-refractivity contribution in [2.75, 3.05) is 4.90 Å². The third kappa shape index (κ3) is 3.21. The molecular formula is C24H17ClN4O2. The summed E-state index contributed by atoms with van der Waals surface area (Å²) >= 11 is 6.09. The summed E-state index contributed by atoms with van der Waals surface area (Å²) in [6.07, 6.45) is 2.39. The van der Waals surface area contributed by atoms with E-state index in [-0.39, 0.29) is 5.91 Å². The van der Waals surface area contributed by atoms with Crippen molar-refractivity contribution in [2.45, 2.75) is 6.54 Å². The van der Waals surface area contributed by atoms with Gasteiger partial charge in [-0.1, -0.05) is 48.0 Å². The number of aryl methyl sites for hydroxylation is 1. The standard InChI is InChI=1S/C24H17ClN4O2/c1-28-14-26-27-23(28)22-19(16-7-9-18(25)10-8-16)3-2-4-21(22)29-12-17-6-5-15(13-30)11-20(17)24(29)31/h2-11,13-14H,12H2,1H3. The van der Waals surface area contributed by atoms with Crippen LogP contribution in [-0.4, -0.2) is 27.0 Å². The molecule has 0 bridgehead atoms. The zero-order chi connectivity index (χ0) is 21.5. The van der Waals surface area contributed by atoms with Gasteiger partial charge in [0.05, 0.1) is 17.8 Å². The summed E-state index contributed by atoms with van der Waals surface area (Å²) in [5.74, 6) is 0.508. The maximum absolute atomic E-state index is 13.3. The first-order chi connectivity index (χ1) is 15.1. The number of hydrogen-bond acceptors (Lipinski definition) is 4. The minimum atomic E-state index is -0.143. The van der Waals surface area contributed by atoms with Gasteiger partial charge in [0.2, 0.25) is 0 Å². The molecule has 0 N–H and O–H groups in total. The molecule has 6 nitrogen and oxygen atoms in total. The fourth-order valence-electron chi connectivity index (χ4n) is 3.97. The Kier molecular flexibility index (Phi) is 4.64. The van der Waals surface area contributed by atoms with Gasteiger partial charge in [-0.25, -0.2) is 0 Å². The smallest absolute Gasteiger partial charge is 0.258 e. The molecular weight excluding hydrogens is 412 g/mol. The molecule has 0 radical (unpaired) electrons. The van der Waals surface area contributed by atoms with Gasteiger partial charge in [-0.05, 0) is 41.0 Å². The quantitative estimate of drug-likeness (QED) is 0.439. The van der Waals surface area contributed by atoms with Crippen LogP contribution >= 0.6 is 11.6 Å². The van der Waals surface area contributed by atoms with Crippen LogP contribution in [0.4, 0.5) is 5.69 Å². The van der Waals surface area contributed by atoms with Crippen molar-refractivity contribution in [3.8, 4) is 22.5 Å². The second-order valence-corrected chi connectivity index (χ2v) is 7.83. The largest absolute Gasteiger partial charge is 0.317 e. The Labute approximate surface area is 183 Å². The van der Waals surface area contributed by atoms with Gasteiger partial charge < -0.3 is 9.47 Å².